The predicted molar refractivity (Wildman–Crippen MR) is 69.8 cm³/mol. The van der Waals surface area contributed by atoms with Crippen LogP contribution >= 0.6 is 12.4 Å². The van der Waals surface area contributed by atoms with E-state index in [1.54, 1.807) is 6.92 Å². The molecule has 0 radical (unpaired) electrons. The van der Waals surface area contributed by atoms with Crippen molar-refractivity contribution in [2.45, 2.75) is 32.2 Å². The number of hydrogen-bond donors (Lipinski definition) is 2. The van der Waals surface area contributed by atoms with Crippen molar-refractivity contribution in [2.24, 2.45) is 5.73 Å². The maximum Gasteiger partial charge on any atom is 0.244 e. The molecule has 0 fully saturated rings. The molecule has 0 saturated carbocycles. The van der Waals surface area contributed by atoms with Gasteiger partial charge in [-0.05, 0) is 25.5 Å². The third-order valence-electron chi connectivity index (χ3n) is 2.32. The average Bonchev–Trinajstić information content (AvgIpc) is 2.19. The van der Waals surface area contributed by atoms with Gasteiger partial charge in [-0.25, -0.2) is 0 Å². The van der Waals surface area contributed by atoms with Crippen LogP contribution in [0, 0.1) is 0 Å². The summed E-state index contributed by atoms with van der Waals surface area (Å²) in [5.74, 6) is -0.129. The molecule has 0 heterocycles. The van der Waals surface area contributed by atoms with E-state index in [9.17, 15) is 4.79 Å². The number of hydrogen-bond acceptors (Lipinski definition) is 2. The van der Waals surface area contributed by atoms with Crippen molar-refractivity contribution in [2.75, 3.05) is 5.32 Å². The minimum atomic E-state index is -0.787. The van der Waals surface area contributed by atoms with Gasteiger partial charge in [-0.2, -0.15) is 0 Å². The van der Waals surface area contributed by atoms with Crippen LogP contribution in [0.3, 0.4) is 0 Å². The van der Waals surface area contributed by atoms with Crippen molar-refractivity contribution in [3.05, 3.63) is 30.3 Å². The number of amides is 1. The van der Waals surface area contributed by atoms with E-state index in [1.165, 1.54) is 0 Å². The number of carbonyl (C=O) groups excluding carboxylic acids is 1. The molecule has 0 aliphatic carbocycles. The number of nitrogens with one attached hydrogen (secondary N) is 1. The van der Waals surface area contributed by atoms with E-state index in [4.69, 9.17) is 5.73 Å². The van der Waals surface area contributed by atoms with Crippen LogP contribution in [0.1, 0.15) is 26.7 Å². The summed E-state index contributed by atoms with van der Waals surface area (Å²) in [4.78, 5) is 11.8. The maximum atomic E-state index is 11.8. The molecule has 1 aromatic rings. The topological polar surface area (TPSA) is 55.1 Å². The van der Waals surface area contributed by atoms with E-state index in [2.05, 4.69) is 5.32 Å². The zero-order chi connectivity index (χ0) is 11.3. The molecule has 90 valence electrons. The summed E-state index contributed by atoms with van der Waals surface area (Å²) in [6.07, 6.45) is 1.58. The lowest BCUT2D eigenvalue weighted by atomic mass is 9.96. The highest BCUT2D eigenvalue weighted by Crippen LogP contribution is 2.13. The SMILES string of the molecule is CCCC(C)(N)C(=O)Nc1ccccc1.Cl. The van der Waals surface area contributed by atoms with Gasteiger partial charge in [0.15, 0.2) is 0 Å². The second-order valence-corrected chi connectivity index (χ2v) is 3.99. The quantitative estimate of drug-likeness (QED) is 0.853. The van der Waals surface area contributed by atoms with Gasteiger partial charge in [0.2, 0.25) is 5.91 Å². The summed E-state index contributed by atoms with van der Waals surface area (Å²) >= 11 is 0. The highest BCUT2D eigenvalue weighted by molar-refractivity contribution is 5.97. The second kappa shape index (κ2) is 6.51. The van der Waals surface area contributed by atoms with Gasteiger partial charge in [-0.15, -0.1) is 12.4 Å². The van der Waals surface area contributed by atoms with Crippen molar-refractivity contribution in [1.82, 2.24) is 0 Å². The van der Waals surface area contributed by atoms with Crippen molar-refractivity contribution >= 4 is 24.0 Å². The summed E-state index contributed by atoms with van der Waals surface area (Å²) in [6, 6.07) is 9.36. The summed E-state index contributed by atoms with van der Waals surface area (Å²) in [5.41, 5.74) is 5.91. The minimum Gasteiger partial charge on any atom is -0.325 e. The Hall–Kier alpha value is -1.06. The molecule has 16 heavy (non-hydrogen) atoms. The summed E-state index contributed by atoms with van der Waals surface area (Å²) in [6.45, 7) is 3.77. The molecule has 1 atom stereocenters. The first kappa shape index (κ1) is 14.9. The molecule has 0 aromatic heterocycles. The lowest BCUT2D eigenvalue weighted by Gasteiger charge is -2.22. The van der Waals surface area contributed by atoms with Crippen LogP contribution in [0.4, 0.5) is 5.69 Å². The highest BCUT2D eigenvalue weighted by atomic mass is 35.5. The van der Waals surface area contributed by atoms with Gasteiger partial charge in [0.25, 0.3) is 0 Å². The fourth-order valence-electron chi connectivity index (χ4n) is 1.43. The van der Waals surface area contributed by atoms with E-state index in [0.717, 1.165) is 12.1 Å². The highest BCUT2D eigenvalue weighted by Gasteiger charge is 2.26. The first-order chi connectivity index (χ1) is 7.06. The van der Waals surface area contributed by atoms with Gasteiger partial charge in [-0.1, -0.05) is 31.5 Å². The van der Waals surface area contributed by atoms with Crippen LogP contribution in [0.15, 0.2) is 30.3 Å². The first-order valence-corrected chi connectivity index (χ1v) is 5.21. The predicted octanol–water partition coefficient (Wildman–Crippen LogP) is 2.56. The minimum absolute atomic E-state index is 0. The van der Waals surface area contributed by atoms with Gasteiger partial charge in [0.1, 0.15) is 0 Å². The van der Waals surface area contributed by atoms with Crippen LogP contribution in [0.5, 0.6) is 0 Å². The van der Waals surface area contributed by atoms with Crippen LogP contribution < -0.4 is 11.1 Å². The smallest absolute Gasteiger partial charge is 0.244 e. The largest absolute Gasteiger partial charge is 0.325 e. The summed E-state index contributed by atoms with van der Waals surface area (Å²) in [7, 11) is 0. The third kappa shape index (κ3) is 4.21. The van der Waals surface area contributed by atoms with Crippen molar-refractivity contribution in [3.8, 4) is 0 Å². The van der Waals surface area contributed by atoms with Gasteiger partial charge >= 0.3 is 0 Å². The Balaban J connectivity index is 0.00000225. The van der Waals surface area contributed by atoms with Crippen LogP contribution in [-0.2, 0) is 4.79 Å². The Kier molecular flexibility index (Phi) is 6.08. The third-order valence-corrected chi connectivity index (χ3v) is 2.32. The Bertz CT molecular complexity index is 325. The zero-order valence-corrected chi connectivity index (χ0v) is 10.5. The van der Waals surface area contributed by atoms with Crippen LogP contribution in [-0.4, -0.2) is 11.4 Å². The number of carbonyl (C=O) groups is 1. The molecule has 1 unspecified atom stereocenters. The van der Waals surface area contributed by atoms with Crippen molar-refractivity contribution in [3.63, 3.8) is 0 Å². The second-order valence-electron chi connectivity index (χ2n) is 3.99. The van der Waals surface area contributed by atoms with E-state index in [1.807, 2.05) is 37.3 Å². The molecule has 0 aliphatic heterocycles. The number of anilines is 1. The monoisotopic (exact) mass is 242 g/mol. The van der Waals surface area contributed by atoms with Crippen LogP contribution in [0.25, 0.3) is 0 Å². The van der Waals surface area contributed by atoms with Gasteiger partial charge < -0.3 is 11.1 Å². The molecule has 1 rings (SSSR count). The molecule has 3 N–H and O–H groups in total. The van der Waals surface area contributed by atoms with E-state index < -0.39 is 5.54 Å². The van der Waals surface area contributed by atoms with Gasteiger partial charge in [-0.3, -0.25) is 4.79 Å². The van der Waals surface area contributed by atoms with E-state index in [0.29, 0.717) is 6.42 Å². The number of benzene rings is 1. The molecule has 0 aliphatic rings. The molecule has 1 aromatic carbocycles. The lowest BCUT2D eigenvalue weighted by molar-refractivity contribution is -0.120. The number of rotatable bonds is 4. The van der Waals surface area contributed by atoms with Gasteiger partial charge in [0.05, 0.1) is 5.54 Å². The molecular weight excluding hydrogens is 224 g/mol. The maximum absolute atomic E-state index is 11.8. The Morgan fingerprint density at radius 2 is 1.94 bits per heavy atom. The van der Waals surface area contributed by atoms with Crippen LogP contribution in [0.2, 0.25) is 0 Å². The van der Waals surface area contributed by atoms with Crippen molar-refractivity contribution < 1.29 is 4.79 Å². The van der Waals surface area contributed by atoms with E-state index in [-0.39, 0.29) is 18.3 Å². The normalized spacial score (nSPS) is 13.4. The summed E-state index contributed by atoms with van der Waals surface area (Å²) < 4.78 is 0. The number of nitrogens with two attached hydrogens (primary N) is 1. The Morgan fingerprint density at radius 3 is 2.44 bits per heavy atom. The molecular formula is C12H19ClN2O. The standard InChI is InChI=1S/C12H18N2O.ClH/c1-3-9-12(2,13)11(15)14-10-7-5-4-6-8-10;/h4-8H,3,9,13H2,1-2H3,(H,14,15);1H. The van der Waals surface area contributed by atoms with Gasteiger partial charge in [0, 0.05) is 5.69 Å². The average molecular weight is 243 g/mol. The fraction of sp³-hybridized carbons (Fsp3) is 0.417. The summed E-state index contributed by atoms with van der Waals surface area (Å²) in [5, 5.41) is 2.80. The lowest BCUT2D eigenvalue weighted by Crippen LogP contribution is -2.48. The van der Waals surface area contributed by atoms with Crippen molar-refractivity contribution in [1.29, 1.82) is 0 Å². The van der Waals surface area contributed by atoms with E-state index >= 15 is 0 Å². The first-order valence-electron chi connectivity index (χ1n) is 5.21. The number of para-hydroxylation sites is 1. The molecule has 0 saturated heterocycles. The molecule has 0 spiro atoms. The Labute approximate surface area is 103 Å². The number of halogens is 1. The Morgan fingerprint density at radius 1 is 1.38 bits per heavy atom. The molecule has 1 amide bonds. The molecule has 4 heteroatoms. The fourth-order valence-corrected chi connectivity index (χ4v) is 1.43. The zero-order valence-electron chi connectivity index (χ0n) is 9.69. The molecule has 0 bridgehead atoms. The molecule has 3 nitrogen and oxygen atoms in total.